The lowest BCUT2D eigenvalue weighted by atomic mass is 10.0. The maximum Gasteiger partial charge on any atom is 0.335 e. The minimum Gasteiger partial charge on any atom is -0.429 e. The van der Waals surface area contributed by atoms with E-state index in [9.17, 15) is 4.79 Å². The van der Waals surface area contributed by atoms with E-state index in [0.29, 0.717) is 17.8 Å². The zero-order chi connectivity index (χ0) is 16.7. The molecule has 0 bridgehead atoms. The fourth-order valence-electron chi connectivity index (χ4n) is 2.97. The summed E-state index contributed by atoms with van der Waals surface area (Å²) < 4.78 is 16.2. The molecule has 0 radical (unpaired) electrons. The van der Waals surface area contributed by atoms with Crippen LogP contribution in [0.4, 0.5) is 0 Å². The maximum atomic E-state index is 11.3. The highest BCUT2D eigenvalue weighted by Crippen LogP contribution is 2.33. The Labute approximate surface area is 140 Å². The molecule has 132 valence electrons. The van der Waals surface area contributed by atoms with Gasteiger partial charge in [0.2, 0.25) is 6.29 Å². The zero-order valence-corrected chi connectivity index (χ0v) is 14.7. The lowest BCUT2D eigenvalue weighted by Gasteiger charge is -2.00. The number of hydrogen-bond acceptors (Lipinski definition) is 4. The number of unbranched alkanes of at least 4 members (excludes halogenated alkanes) is 5. The van der Waals surface area contributed by atoms with Gasteiger partial charge >= 0.3 is 5.97 Å². The molecule has 0 N–H and O–H groups in total. The Bertz CT molecular complexity index is 393. The van der Waals surface area contributed by atoms with Crippen LogP contribution in [-0.2, 0) is 19.0 Å². The predicted molar refractivity (Wildman–Crippen MR) is 90.1 cm³/mol. The van der Waals surface area contributed by atoms with Gasteiger partial charge in [0.05, 0.1) is 12.2 Å². The average molecular weight is 324 g/mol. The van der Waals surface area contributed by atoms with Crippen molar-refractivity contribution in [2.24, 2.45) is 0 Å². The SMILES string of the molecule is C=C(C)C(=O)OC1OC1CCCCC1OC1CCCCCCC. The minimum atomic E-state index is -0.356. The number of carbonyl (C=O) groups is 1. The van der Waals surface area contributed by atoms with E-state index in [4.69, 9.17) is 14.2 Å². The number of epoxide rings is 2. The molecule has 4 nitrogen and oxygen atoms in total. The van der Waals surface area contributed by atoms with Crippen LogP contribution in [0.2, 0.25) is 0 Å². The van der Waals surface area contributed by atoms with Crippen LogP contribution >= 0.6 is 0 Å². The maximum absolute atomic E-state index is 11.3. The molecule has 0 spiro atoms. The third kappa shape index (κ3) is 7.05. The van der Waals surface area contributed by atoms with Crippen LogP contribution in [-0.4, -0.2) is 30.6 Å². The van der Waals surface area contributed by atoms with Crippen LogP contribution in [0.1, 0.15) is 78.1 Å². The van der Waals surface area contributed by atoms with Crippen LogP contribution in [0.5, 0.6) is 0 Å². The third-order valence-electron chi connectivity index (χ3n) is 4.61. The van der Waals surface area contributed by atoms with Crippen molar-refractivity contribution in [1.29, 1.82) is 0 Å². The summed E-state index contributed by atoms with van der Waals surface area (Å²) in [6.07, 6.45) is 13.1. The molecule has 2 fully saturated rings. The highest BCUT2D eigenvalue weighted by Gasteiger charge is 2.42. The fraction of sp³-hybridized carbons (Fsp3) is 0.842. The summed E-state index contributed by atoms with van der Waals surface area (Å²) in [4.78, 5) is 11.3. The first-order chi connectivity index (χ1) is 11.1. The highest BCUT2D eigenvalue weighted by molar-refractivity contribution is 5.87. The number of hydrogen-bond donors (Lipinski definition) is 0. The average Bonchev–Trinajstić information content (AvgIpc) is 3.41. The normalized spacial score (nSPS) is 28.4. The Kier molecular flexibility index (Phi) is 7.57. The molecule has 2 heterocycles. The van der Waals surface area contributed by atoms with Gasteiger partial charge < -0.3 is 14.2 Å². The molecule has 0 amide bonds. The Morgan fingerprint density at radius 2 is 1.48 bits per heavy atom. The Hall–Kier alpha value is -0.870. The molecule has 0 aromatic heterocycles. The monoisotopic (exact) mass is 324 g/mol. The molecule has 0 aromatic rings. The molecule has 0 aliphatic carbocycles. The van der Waals surface area contributed by atoms with E-state index in [2.05, 4.69) is 13.5 Å². The van der Waals surface area contributed by atoms with E-state index in [1.165, 1.54) is 38.5 Å². The summed E-state index contributed by atoms with van der Waals surface area (Å²) >= 11 is 0. The summed E-state index contributed by atoms with van der Waals surface area (Å²) in [7, 11) is 0. The highest BCUT2D eigenvalue weighted by atomic mass is 16.8. The van der Waals surface area contributed by atoms with E-state index in [1.54, 1.807) is 6.92 Å². The fourth-order valence-corrected chi connectivity index (χ4v) is 2.97. The molecular formula is C19H32O4. The van der Waals surface area contributed by atoms with Gasteiger partial charge in [-0.15, -0.1) is 0 Å². The van der Waals surface area contributed by atoms with Crippen LogP contribution in [0, 0.1) is 0 Å². The van der Waals surface area contributed by atoms with Crippen LogP contribution < -0.4 is 0 Å². The second-order valence-corrected chi connectivity index (χ2v) is 6.93. The van der Waals surface area contributed by atoms with Crippen molar-refractivity contribution >= 4 is 5.97 Å². The molecule has 2 aliphatic heterocycles. The second kappa shape index (κ2) is 9.43. The van der Waals surface area contributed by atoms with Crippen molar-refractivity contribution in [2.75, 3.05) is 0 Å². The summed E-state index contributed by atoms with van der Waals surface area (Å²) in [5.74, 6) is -0.356. The summed E-state index contributed by atoms with van der Waals surface area (Å²) in [5.41, 5.74) is 0.422. The van der Waals surface area contributed by atoms with Crippen LogP contribution in [0.3, 0.4) is 0 Å². The molecule has 23 heavy (non-hydrogen) atoms. The van der Waals surface area contributed by atoms with E-state index in [0.717, 1.165) is 25.7 Å². The molecule has 2 saturated heterocycles. The van der Waals surface area contributed by atoms with Gasteiger partial charge in [0.25, 0.3) is 0 Å². The van der Waals surface area contributed by atoms with Gasteiger partial charge in [-0.25, -0.2) is 4.79 Å². The van der Waals surface area contributed by atoms with E-state index in [1.807, 2.05) is 0 Å². The lowest BCUT2D eigenvalue weighted by Crippen LogP contribution is -2.09. The number of carbonyl (C=O) groups excluding carboxylic acids is 1. The zero-order valence-electron chi connectivity index (χ0n) is 14.7. The van der Waals surface area contributed by atoms with E-state index >= 15 is 0 Å². The predicted octanol–water partition coefficient (Wildman–Crippen LogP) is 4.52. The van der Waals surface area contributed by atoms with Gasteiger partial charge in [-0.05, 0) is 26.2 Å². The van der Waals surface area contributed by atoms with Gasteiger partial charge in [0.1, 0.15) is 6.10 Å². The molecule has 4 unspecified atom stereocenters. The number of ether oxygens (including phenoxy) is 3. The van der Waals surface area contributed by atoms with E-state index in [-0.39, 0.29) is 18.4 Å². The van der Waals surface area contributed by atoms with Gasteiger partial charge in [-0.1, -0.05) is 58.4 Å². The van der Waals surface area contributed by atoms with Crippen molar-refractivity contribution < 1.29 is 19.0 Å². The summed E-state index contributed by atoms with van der Waals surface area (Å²) in [6.45, 7) is 7.46. The van der Waals surface area contributed by atoms with Crippen LogP contribution in [0.15, 0.2) is 12.2 Å². The first-order valence-corrected chi connectivity index (χ1v) is 9.29. The third-order valence-corrected chi connectivity index (χ3v) is 4.61. The smallest absolute Gasteiger partial charge is 0.335 e. The van der Waals surface area contributed by atoms with Gasteiger partial charge in [0, 0.05) is 5.57 Å². The van der Waals surface area contributed by atoms with Crippen molar-refractivity contribution in [3.63, 3.8) is 0 Å². The Morgan fingerprint density at radius 3 is 2.09 bits per heavy atom. The Morgan fingerprint density at radius 1 is 0.913 bits per heavy atom. The molecule has 2 aliphatic rings. The number of esters is 1. The molecule has 4 heteroatoms. The second-order valence-electron chi connectivity index (χ2n) is 6.93. The van der Waals surface area contributed by atoms with Crippen molar-refractivity contribution in [3.05, 3.63) is 12.2 Å². The molecule has 0 saturated carbocycles. The van der Waals surface area contributed by atoms with Gasteiger partial charge in [0.15, 0.2) is 0 Å². The van der Waals surface area contributed by atoms with Gasteiger partial charge in [-0.2, -0.15) is 0 Å². The standard InChI is InChI=1S/C19H32O4/c1-4-5-6-7-8-11-15-16(21-15)12-9-10-13-17-19(22-17)23-18(20)14(2)3/h15-17,19H,2,4-13H2,1,3H3. The molecule has 2 rings (SSSR count). The topological polar surface area (TPSA) is 51.4 Å². The summed E-state index contributed by atoms with van der Waals surface area (Å²) in [5, 5.41) is 0. The summed E-state index contributed by atoms with van der Waals surface area (Å²) in [6, 6.07) is 0. The van der Waals surface area contributed by atoms with Crippen molar-refractivity contribution in [1.82, 2.24) is 0 Å². The van der Waals surface area contributed by atoms with E-state index < -0.39 is 0 Å². The largest absolute Gasteiger partial charge is 0.429 e. The molecule has 4 atom stereocenters. The van der Waals surface area contributed by atoms with Crippen LogP contribution in [0.25, 0.3) is 0 Å². The molecular weight excluding hydrogens is 292 g/mol. The van der Waals surface area contributed by atoms with Gasteiger partial charge in [-0.3, -0.25) is 0 Å². The number of rotatable bonds is 13. The molecule has 0 aromatic carbocycles. The first kappa shape index (κ1) is 18.5. The lowest BCUT2D eigenvalue weighted by molar-refractivity contribution is -0.143. The minimum absolute atomic E-state index is 0.0905. The Balaban J connectivity index is 1.39. The van der Waals surface area contributed by atoms with Crippen molar-refractivity contribution in [2.45, 2.75) is 103 Å². The quantitative estimate of drug-likeness (QED) is 0.216. The van der Waals surface area contributed by atoms with Crippen molar-refractivity contribution in [3.8, 4) is 0 Å². The first-order valence-electron chi connectivity index (χ1n) is 9.29.